The van der Waals surface area contributed by atoms with E-state index in [1.165, 1.54) is 20.0 Å². The number of rotatable bonds is 6. The van der Waals surface area contributed by atoms with Gasteiger partial charge in [0, 0.05) is 37.1 Å². The minimum Gasteiger partial charge on any atom is -0.593 e. The molecule has 198 valence electrons. The first kappa shape index (κ1) is 24.8. The number of piperidine rings is 1. The number of anilines is 2. The summed E-state index contributed by atoms with van der Waals surface area (Å²) in [5.74, 6) is 1.04. The predicted molar refractivity (Wildman–Crippen MR) is 141 cm³/mol. The van der Waals surface area contributed by atoms with E-state index in [1.54, 1.807) is 21.8 Å². The van der Waals surface area contributed by atoms with Crippen molar-refractivity contribution in [2.75, 3.05) is 32.1 Å². The average Bonchev–Trinajstić information content (AvgIpc) is 3.59. The highest BCUT2D eigenvalue weighted by Gasteiger charge is 2.41. The number of nitrogens with one attached hydrogen (secondary N) is 2. The van der Waals surface area contributed by atoms with Gasteiger partial charge in [-0.15, -0.1) is 4.31 Å². The molecule has 4 heterocycles. The molecule has 3 aromatic rings. The molecule has 38 heavy (non-hydrogen) atoms. The molecule has 1 aliphatic carbocycles. The lowest BCUT2D eigenvalue weighted by Gasteiger charge is -2.40. The molecular formula is C26H29N7O4S. The van der Waals surface area contributed by atoms with Gasteiger partial charge in [-0.3, -0.25) is 9.48 Å². The minimum absolute atomic E-state index is 0.187. The zero-order valence-corrected chi connectivity index (χ0v) is 21.9. The first-order valence-electron chi connectivity index (χ1n) is 12.8. The molecule has 2 aromatic heterocycles. The first-order chi connectivity index (χ1) is 18.4. The molecule has 12 heteroatoms. The van der Waals surface area contributed by atoms with E-state index in [1.807, 2.05) is 22.5 Å². The maximum absolute atomic E-state index is 13.0. The van der Waals surface area contributed by atoms with Gasteiger partial charge in [0.15, 0.2) is 10.7 Å². The van der Waals surface area contributed by atoms with Crippen LogP contribution in [0.3, 0.4) is 0 Å². The van der Waals surface area contributed by atoms with Crippen LogP contribution in [-0.2, 0) is 28.2 Å². The smallest absolute Gasteiger partial charge is 0.409 e. The number of carbonyl (C=O) groups is 1. The molecule has 1 amide bonds. The Morgan fingerprint density at radius 3 is 2.84 bits per heavy atom. The number of hydrogen-bond acceptors (Lipinski definition) is 8. The molecule has 2 fully saturated rings. The first-order valence-corrected chi connectivity index (χ1v) is 13.9. The normalized spacial score (nSPS) is 20.8. The zero-order valence-electron chi connectivity index (χ0n) is 21.1. The standard InChI is InChI=1S/C26H29N7O4S/c1-37-25(35)31-12-8-26(7-10-27,9-13-31)33-20-6-11-28-24(34)22(20)23(30-33)29-19-4-5-21-18(14-19)16-32(38(21)36)15-17-2-3-17/h4-6,11,14,17H,2-3,7-9,12-13,15-16H2,1H3,(H,28,34)(H,29,30). The largest absolute Gasteiger partial charge is 0.593 e. The number of amides is 1. The summed E-state index contributed by atoms with van der Waals surface area (Å²) >= 11 is -1.15. The SMILES string of the molecule is COC(=O)N1CCC(CC#N)(n2nc(Nc3ccc4c(c3)CN(CC3CC3)[S+]4[O-])c3c(=O)[nH]ccc32)CC1. The van der Waals surface area contributed by atoms with Crippen LogP contribution in [0.4, 0.5) is 16.3 Å². The van der Waals surface area contributed by atoms with Crippen molar-refractivity contribution in [2.24, 2.45) is 5.92 Å². The Balaban J connectivity index is 1.33. The Labute approximate surface area is 222 Å². The lowest BCUT2D eigenvalue weighted by Crippen LogP contribution is -2.48. The van der Waals surface area contributed by atoms with Gasteiger partial charge in [0.1, 0.15) is 5.39 Å². The number of nitriles is 1. The topological polar surface area (TPSA) is 142 Å². The molecular weight excluding hydrogens is 506 g/mol. The van der Waals surface area contributed by atoms with E-state index < -0.39 is 23.0 Å². The van der Waals surface area contributed by atoms with Gasteiger partial charge in [0.05, 0.1) is 48.6 Å². The van der Waals surface area contributed by atoms with Crippen LogP contribution in [0.25, 0.3) is 10.9 Å². The second-order valence-corrected chi connectivity index (χ2v) is 11.8. The number of likely N-dealkylation sites (tertiary alicyclic amines) is 1. The molecule has 1 atom stereocenters. The van der Waals surface area contributed by atoms with Gasteiger partial charge in [-0.1, -0.05) is 0 Å². The number of fused-ring (bicyclic) bond motifs is 2. The van der Waals surface area contributed by atoms with Crippen molar-refractivity contribution in [3.63, 3.8) is 0 Å². The van der Waals surface area contributed by atoms with E-state index >= 15 is 0 Å². The van der Waals surface area contributed by atoms with Crippen LogP contribution in [0, 0.1) is 17.2 Å². The number of methoxy groups -OCH3 is 1. The number of pyridine rings is 1. The third kappa shape index (κ3) is 4.30. The summed E-state index contributed by atoms with van der Waals surface area (Å²) in [4.78, 5) is 30.2. The molecule has 3 aliphatic rings. The summed E-state index contributed by atoms with van der Waals surface area (Å²) in [6.45, 7) is 2.32. The van der Waals surface area contributed by atoms with Crippen LogP contribution in [0.2, 0.25) is 0 Å². The van der Waals surface area contributed by atoms with Crippen molar-refractivity contribution in [1.82, 2.24) is 24.0 Å². The highest BCUT2D eigenvalue weighted by molar-refractivity contribution is 7.89. The lowest BCUT2D eigenvalue weighted by atomic mass is 9.85. The van der Waals surface area contributed by atoms with Crippen LogP contribution >= 0.6 is 0 Å². The Bertz CT molecular complexity index is 1480. The molecule has 0 bridgehead atoms. The number of aromatic nitrogens is 3. The van der Waals surface area contributed by atoms with E-state index in [-0.39, 0.29) is 12.0 Å². The van der Waals surface area contributed by atoms with Crippen molar-refractivity contribution >= 4 is 39.9 Å². The number of carbonyl (C=O) groups excluding carboxylic acids is 1. The van der Waals surface area contributed by atoms with E-state index in [0.717, 1.165) is 22.7 Å². The van der Waals surface area contributed by atoms with Gasteiger partial charge >= 0.3 is 6.09 Å². The summed E-state index contributed by atoms with van der Waals surface area (Å²) in [6.07, 6.45) is 4.78. The van der Waals surface area contributed by atoms with Crippen molar-refractivity contribution in [1.29, 1.82) is 5.26 Å². The minimum atomic E-state index is -1.15. The molecule has 1 unspecified atom stereocenters. The summed E-state index contributed by atoms with van der Waals surface area (Å²) in [5, 5.41) is 18.3. The van der Waals surface area contributed by atoms with Gasteiger partial charge in [0.25, 0.3) is 5.56 Å². The summed E-state index contributed by atoms with van der Waals surface area (Å²) in [6, 6.07) is 9.80. The Morgan fingerprint density at radius 2 is 2.13 bits per heavy atom. The summed E-state index contributed by atoms with van der Waals surface area (Å²) < 4.78 is 21.6. The third-order valence-corrected chi connectivity index (χ3v) is 9.36. The summed E-state index contributed by atoms with van der Waals surface area (Å²) in [5.41, 5.74) is 1.41. The van der Waals surface area contributed by atoms with Gasteiger partial charge in [-0.05, 0) is 55.9 Å². The maximum Gasteiger partial charge on any atom is 0.409 e. The molecule has 1 saturated heterocycles. The van der Waals surface area contributed by atoms with E-state index in [0.29, 0.717) is 55.1 Å². The molecule has 2 aliphatic heterocycles. The predicted octanol–water partition coefficient (Wildman–Crippen LogP) is 3.19. The highest BCUT2D eigenvalue weighted by Crippen LogP contribution is 2.39. The summed E-state index contributed by atoms with van der Waals surface area (Å²) in [7, 11) is 1.35. The second kappa shape index (κ2) is 9.65. The molecule has 11 nitrogen and oxygen atoms in total. The van der Waals surface area contributed by atoms with Crippen molar-refractivity contribution in [3.05, 3.63) is 46.4 Å². The molecule has 1 saturated carbocycles. The average molecular weight is 536 g/mol. The Morgan fingerprint density at radius 1 is 1.34 bits per heavy atom. The van der Waals surface area contributed by atoms with Crippen LogP contribution in [0.5, 0.6) is 0 Å². The van der Waals surface area contributed by atoms with Crippen LogP contribution in [0.1, 0.15) is 37.7 Å². The Kier molecular flexibility index (Phi) is 6.29. The van der Waals surface area contributed by atoms with Crippen molar-refractivity contribution < 1.29 is 14.1 Å². The van der Waals surface area contributed by atoms with E-state index in [9.17, 15) is 19.4 Å². The van der Waals surface area contributed by atoms with Gasteiger partial charge in [0.2, 0.25) is 0 Å². The van der Waals surface area contributed by atoms with Gasteiger partial charge in [-0.2, -0.15) is 10.4 Å². The van der Waals surface area contributed by atoms with Crippen molar-refractivity contribution in [2.45, 2.75) is 49.1 Å². The van der Waals surface area contributed by atoms with Gasteiger partial charge < -0.3 is 24.5 Å². The Hall–Kier alpha value is -3.53. The number of H-pyrrole nitrogens is 1. The van der Waals surface area contributed by atoms with E-state index in [4.69, 9.17) is 9.84 Å². The highest BCUT2D eigenvalue weighted by atomic mass is 32.2. The number of benzene rings is 1. The fourth-order valence-electron chi connectivity index (χ4n) is 5.57. The molecule has 0 radical (unpaired) electrons. The van der Waals surface area contributed by atoms with Crippen molar-refractivity contribution in [3.8, 4) is 6.07 Å². The van der Waals surface area contributed by atoms with Crippen LogP contribution in [-0.4, -0.2) is 61.4 Å². The zero-order chi connectivity index (χ0) is 26.4. The fraction of sp³-hybridized carbons (Fsp3) is 0.462. The molecule has 1 aromatic carbocycles. The van der Waals surface area contributed by atoms with E-state index in [2.05, 4.69) is 16.4 Å². The number of aromatic amines is 1. The van der Waals surface area contributed by atoms with Crippen LogP contribution in [0.15, 0.2) is 40.2 Å². The van der Waals surface area contributed by atoms with Gasteiger partial charge in [-0.25, -0.2) is 4.79 Å². The molecule has 6 rings (SSSR count). The maximum atomic E-state index is 13.0. The third-order valence-electron chi connectivity index (χ3n) is 7.84. The number of ether oxygens (including phenoxy) is 1. The second-order valence-electron chi connectivity index (χ2n) is 10.3. The molecule has 0 spiro atoms. The monoisotopic (exact) mass is 535 g/mol. The van der Waals surface area contributed by atoms with Crippen LogP contribution < -0.4 is 10.9 Å². The number of hydrogen-bond donors (Lipinski definition) is 2. The fourth-order valence-corrected chi connectivity index (χ4v) is 6.98. The number of nitrogens with zero attached hydrogens (tertiary/aromatic N) is 5. The lowest BCUT2D eigenvalue weighted by molar-refractivity contribution is 0.0794. The molecule has 2 N–H and O–H groups in total. The quantitative estimate of drug-likeness (QED) is 0.458.